The van der Waals surface area contributed by atoms with Crippen LogP contribution in [0.1, 0.15) is 24.9 Å². The second-order valence-corrected chi connectivity index (χ2v) is 6.61. The molecule has 1 aliphatic rings. The van der Waals surface area contributed by atoms with E-state index in [4.69, 9.17) is 0 Å². The Hall–Kier alpha value is -2.87. The summed E-state index contributed by atoms with van der Waals surface area (Å²) in [6.45, 7) is 5.36. The van der Waals surface area contributed by atoms with Crippen LogP contribution in [0.3, 0.4) is 0 Å². The van der Waals surface area contributed by atoms with Crippen LogP contribution in [0.4, 0.5) is 10.6 Å². The van der Waals surface area contributed by atoms with Crippen molar-refractivity contribution in [3.05, 3.63) is 48.2 Å². The molecular formula is C19H26N6O2. The maximum absolute atomic E-state index is 12.2. The van der Waals surface area contributed by atoms with Crippen LogP contribution in [0, 0.1) is 0 Å². The minimum Gasteiger partial charge on any atom is -0.354 e. The number of carbonyl (C=O) groups excluding carboxylic acids is 2. The van der Waals surface area contributed by atoms with Gasteiger partial charge in [0.2, 0.25) is 5.91 Å². The van der Waals surface area contributed by atoms with Crippen LogP contribution in [0.2, 0.25) is 0 Å². The first-order valence-corrected chi connectivity index (χ1v) is 9.26. The summed E-state index contributed by atoms with van der Waals surface area (Å²) < 4.78 is 1.79. The van der Waals surface area contributed by atoms with Gasteiger partial charge in [-0.25, -0.2) is 9.48 Å². The van der Waals surface area contributed by atoms with Gasteiger partial charge in [0.25, 0.3) is 0 Å². The number of anilines is 1. The highest BCUT2D eigenvalue weighted by Gasteiger charge is 2.16. The first kappa shape index (κ1) is 18.9. The van der Waals surface area contributed by atoms with Crippen molar-refractivity contribution in [3.8, 4) is 0 Å². The Balaban J connectivity index is 1.45. The maximum atomic E-state index is 12.2. The fourth-order valence-corrected chi connectivity index (χ4v) is 3.14. The topological polar surface area (TPSA) is 91.3 Å². The highest BCUT2D eigenvalue weighted by atomic mass is 16.2. The smallest absolute Gasteiger partial charge is 0.320 e. The zero-order valence-electron chi connectivity index (χ0n) is 15.5. The summed E-state index contributed by atoms with van der Waals surface area (Å²) in [4.78, 5) is 25.6. The normalized spacial score (nSPS) is 15.8. The number of benzene rings is 1. The van der Waals surface area contributed by atoms with Gasteiger partial charge in [-0.3, -0.25) is 15.0 Å². The number of aromatic nitrogens is 2. The Bertz CT molecular complexity index is 761. The van der Waals surface area contributed by atoms with Crippen LogP contribution >= 0.6 is 0 Å². The second-order valence-electron chi connectivity index (χ2n) is 6.61. The van der Waals surface area contributed by atoms with Gasteiger partial charge in [0, 0.05) is 32.2 Å². The Kier molecular flexibility index (Phi) is 6.43. The fraction of sp³-hybridized carbons (Fsp3) is 0.421. The van der Waals surface area contributed by atoms with Crippen molar-refractivity contribution in [2.75, 3.05) is 38.0 Å². The highest BCUT2D eigenvalue weighted by Crippen LogP contribution is 2.21. The van der Waals surface area contributed by atoms with Gasteiger partial charge in [0.15, 0.2) is 0 Å². The highest BCUT2D eigenvalue weighted by molar-refractivity contribution is 5.88. The number of hydrogen-bond donors (Lipinski definition) is 3. The molecule has 27 heavy (non-hydrogen) atoms. The lowest BCUT2D eigenvalue weighted by Gasteiger charge is -2.26. The fourth-order valence-electron chi connectivity index (χ4n) is 3.14. The molecule has 1 aromatic carbocycles. The SMILES string of the molecule is C[C@@H](c1ccccc1)n1nccc1NC(=O)NCCCN1CCNC(=O)C1. The molecule has 8 heteroatoms. The first-order chi connectivity index (χ1) is 13.1. The zero-order chi connectivity index (χ0) is 19.1. The molecule has 0 spiro atoms. The van der Waals surface area contributed by atoms with E-state index >= 15 is 0 Å². The van der Waals surface area contributed by atoms with E-state index in [0.29, 0.717) is 25.5 Å². The van der Waals surface area contributed by atoms with Crippen molar-refractivity contribution in [3.63, 3.8) is 0 Å². The van der Waals surface area contributed by atoms with E-state index in [-0.39, 0.29) is 18.0 Å². The quantitative estimate of drug-likeness (QED) is 0.643. The molecule has 1 aromatic heterocycles. The number of amides is 3. The van der Waals surface area contributed by atoms with E-state index in [1.165, 1.54) is 0 Å². The van der Waals surface area contributed by atoms with E-state index < -0.39 is 0 Å². The number of rotatable bonds is 7. The molecule has 1 atom stereocenters. The molecule has 0 unspecified atom stereocenters. The van der Waals surface area contributed by atoms with Crippen LogP contribution in [0.15, 0.2) is 42.6 Å². The lowest BCUT2D eigenvalue weighted by molar-refractivity contribution is -0.124. The maximum Gasteiger partial charge on any atom is 0.320 e. The molecule has 144 valence electrons. The predicted molar refractivity (Wildman–Crippen MR) is 104 cm³/mol. The molecule has 3 N–H and O–H groups in total. The summed E-state index contributed by atoms with van der Waals surface area (Å²) in [6.07, 6.45) is 2.47. The Morgan fingerprint density at radius 1 is 1.30 bits per heavy atom. The Morgan fingerprint density at radius 3 is 2.89 bits per heavy atom. The van der Waals surface area contributed by atoms with E-state index in [0.717, 1.165) is 25.1 Å². The lowest BCUT2D eigenvalue weighted by atomic mass is 10.1. The van der Waals surface area contributed by atoms with Crippen LogP contribution in [-0.4, -0.2) is 59.3 Å². The van der Waals surface area contributed by atoms with E-state index in [9.17, 15) is 9.59 Å². The summed E-state index contributed by atoms with van der Waals surface area (Å²) in [5.41, 5.74) is 1.12. The van der Waals surface area contributed by atoms with Crippen molar-refractivity contribution in [2.45, 2.75) is 19.4 Å². The molecule has 1 aliphatic heterocycles. The minimum absolute atomic E-state index is 0.0155. The predicted octanol–water partition coefficient (Wildman–Crippen LogP) is 1.44. The molecule has 0 aliphatic carbocycles. The Labute approximate surface area is 158 Å². The van der Waals surface area contributed by atoms with Crippen molar-refractivity contribution in [1.29, 1.82) is 0 Å². The van der Waals surface area contributed by atoms with Crippen LogP contribution in [-0.2, 0) is 4.79 Å². The summed E-state index contributed by atoms with van der Waals surface area (Å²) in [5, 5.41) is 12.9. The molecule has 2 aromatic rings. The molecule has 3 rings (SSSR count). The summed E-state index contributed by atoms with van der Waals surface area (Å²) in [7, 11) is 0. The first-order valence-electron chi connectivity index (χ1n) is 9.26. The molecule has 1 saturated heterocycles. The molecule has 0 bridgehead atoms. The summed E-state index contributed by atoms with van der Waals surface area (Å²) >= 11 is 0. The van der Waals surface area contributed by atoms with Crippen LogP contribution in [0.25, 0.3) is 0 Å². The Morgan fingerprint density at radius 2 is 2.11 bits per heavy atom. The average molecular weight is 370 g/mol. The summed E-state index contributed by atoms with van der Waals surface area (Å²) in [5.74, 6) is 0.712. The number of nitrogens with zero attached hydrogens (tertiary/aromatic N) is 3. The third-order valence-electron chi connectivity index (χ3n) is 4.61. The van der Waals surface area contributed by atoms with E-state index in [2.05, 4.69) is 25.9 Å². The zero-order valence-corrected chi connectivity index (χ0v) is 15.5. The van der Waals surface area contributed by atoms with Crippen molar-refractivity contribution in [1.82, 2.24) is 25.3 Å². The van der Waals surface area contributed by atoms with Crippen LogP contribution < -0.4 is 16.0 Å². The van der Waals surface area contributed by atoms with Gasteiger partial charge in [0.1, 0.15) is 5.82 Å². The number of carbonyl (C=O) groups is 2. The van der Waals surface area contributed by atoms with Crippen LogP contribution in [0.5, 0.6) is 0 Å². The molecule has 2 heterocycles. The van der Waals surface area contributed by atoms with Gasteiger partial charge < -0.3 is 10.6 Å². The molecule has 0 radical (unpaired) electrons. The van der Waals surface area contributed by atoms with E-state index in [1.807, 2.05) is 37.3 Å². The second kappa shape index (κ2) is 9.18. The van der Waals surface area contributed by atoms with Gasteiger partial charge in [-0.05, 0) is 18.9 Å². The lowest BCUT2D eigenvalue weighted by Crippen LogP contribution is -2.48. The van der Waals surface area contributed by atoms with Gasteiger partial charge in [-0.1, -0.05) is 30.3 Å². The number of urea groups is 1. The number of hydrogen-bond acceptors (Lipinski definition) is 4. The standard InChI is InChI=1S/C19H26N6O2/c1-15(16-6-3-2-4-7-16)25-17(8-10-22-25)23-19(27)21-9-5-12-24-13-11-20-18(26)14-24/h2-4,6-8,10,15H,5,9,11-14H2,1H3,(H,20,26)(H2,21,23,27)/t15-/m0/s1. The molecule has 0 saturated carbocycles. The van der Waals surface area contributed by atoms with Gasteiger partial charge in [-0.15, -0.1) is 0 Å². The third kappa shape index (κ3) is 5.30. The minimum atomic E-state index is -0.256. The molecular weight excluding hydrogens is 344 g/mol. The van der Waals surface area contributed by atoms with Crippen molar-refractivity contribution < 1.29 is 9.59 Å². The van der Waals surface area contributed by atoms with Gasteiger partial charge in [-0.2, -0.15) is 5.10 Å². The van der Waals surface area contributed by atoms with Crippen molar-refractivity contribution in [2.24, 2.45) is 0 Å². The molecule has 8 nitrogen and oxygen atoms in total. The number of piperazine rings is 1. The molecule has 1 fully saturated rings. The van der Waals surface area contributed by atoms with Crippen molar-refractivity contribution >= 4 is 17.8 Å². The average Bonchev–Trinajstić information content (AvgIpc) is 3.13. The molecule has 3 amide bonds. The monoisotopic (exact) mass is 370 g/mol. The largest absolute Gasteiger partial charge is 0.354 e. The summed E-state index contributed by atoms with van der Waals surface area (Å²) in [6, 6.07) is 11.6. The van der Waals surface area contributed by atoms with Gasteiger partial charge >= 0.3 is 6.03 Å². The van der Waals surface area contributed by atoms with E-state index in [1.54, 1.807) is 16.9 Å². The third-order valence-corrected chi connectivity index (χ3v) is 4.61. The van der Waals surface area contributed by atoms with Gasteiger partial charge in [0.05, 0.1) is 18.8 Å². The number of nitrogens with one attached hydrogen (secondary N) is 3.